The lowest BCUT2D eigenvalue weighted by molar-refractivity contribution is -0.945. The van der Waals surface area contributed by atoms with Crippen LogP contribution in [-0.2, 0) is 0 Å². The van der Waals surface area contributed by atoms with Crippen LogP contribution in [0.1, 0.15) is 311 Å². The number of hydrogen-bond acceptors (Lipinski definition) is 4. The Morgan fingerprint density at radius 3 is 0.575 bits per heavy atom. The van der Waals surface area contributed by atoms with Crippen LogP contribution < -0.4 is 39.5 Å². The maximum atomic E-state index is 3.64. The maximum Gasteiger partial charge on any atom is 0.352 e. The van der Waals surface area contributed by atoms with Crippen LogP contribution >= 0.6 is 0 Å². The number of nitrogens with one attached hydrogen (secondary N) is 4. The zero-order chi connectivity index (χ0) is 57.0. The molecule has 4 N–H and O–H groups in total. The fourth-order valence-corrected chi connectivity index (χ4v) is 11.0. The number of unbranched alkanes of at least 4 members (excludes halogenated alkanes) is 32. The van der Waals surface area contributed by atoms with Crippen molar-refractivity contribution in [2.24, 2.45) is 0 Å². The van der Waals surface area contributed by atoms with Gasteiger partial charge < -0.3 is 21.3 Å². The van der Waals surface area contributed by atoms with Crippen molar-refractivity contribution in [2.75, 3.05) is 47.4 Å². The van der Waals surface area contributed by atoms with Crippen LogP contribution in [0.15, 0.2) is 98.1 Å². The van der Waals surface area contributed by atoms with E-state index in [-0.39, 0.29) is 0 Å². The van der Waals surface area contributed by atoms with Crippen LogP contribution in [0, 0.1) is 0 Å². The fourth-order valence-electron chi connectivity index (χ4n) is 11.0. The van der Waals surface area contributed by atoms with Crippen LogP contribution in [0.5, 0.6) is 0 Å². The molecule has 0 atom stereocenters. The van der Waals surface area contributed by atoms with Gasteiger partial charge in [-0.2, -0.15) is 0 Å². The van der Waals surface area contributed by atoms with E-state index >= 15 is 0 Å². The van der Waals surface area contributed by atoms with Crippen LogP contribution in [0.3, 0.4) is 0 Å². The topological polar surface area (TPSA) is 63.6 Å². The molecule has 0 unspecified atom stereocenters. The Kier molecular flexibility index (Phi) is 44.2. The quantitative estimate of drug-likeness (QED) is 0.0263. The first-order valence-corrected chi connectivity index (χ1v) is 34.5. The molecule has 0 radical (unpaired) electrons. The third-order valence-electron chi connectivity index (χ3n) is 16.4. The maximum absolute atomic E-state index is 3.64. The average Bonchev–Trinajstić information content (AvgIpc) is 3.50. The SMILES string of the molecule is CCCCCCCCCC([n+]1ccc(NCCCCCCCC)cc1)[n+]1ccc(NCCCCCCCC)cc1.CCCCCCCCCC([n+]1ccc(NCCCCCCCC)cc1)[n+]1ccc(NCCCCCCCC)cc1. The van der Waals surface area contributed by atoms with Crippen molar-refractivity contribution in [2.45, 2.75) is 311 Å². The highest BCUT2D eigenvalue weighted by Gasteiger charge is 2.28. The smallest absolute Gasteiger partial charge is 0.352 e. The average molecular weight is 1110 g/mol. The van der Waals surface area contributed by atoms with Gasteiger partial charge in [-0.1, -0.05) is 247 Å². The zero-order valence-electron chi connectivity index (χ0n) is 53.3. The Labute approximate surface area is 495 Å². The number of rotatable bonds is 52. The Morgan fingerprint density at radius 2 is 0.388 bits per heavy atom. The highest BCUT2D eigenvalue weighted by atomic mass is 15.2. The summed E-state index contributed by atoms with van der Waals surface area (Å²) < 4.78 is 9.60. The van der Waals surface area contributed by atoms with Gasteiger partial charge in [0, 0.05) is 97.5 Å². The molecule has 0 bridgehead atoms. The van der Waals surface area contributed by atoms with Gasteiger partial charge in [0.05, 0.1) is 12.8 Å². The summed E-state index contributed by atoms with van der Waals surface area (Å²) in [6.07, 6.45) is 72.2. The molecule has 0 aliphatic rings. The van der Waals surface area contributed by atoms with E-state index in [0.717, 1.165) is 39.0 Å². The minimum absolute atomic E-state index is 0.316. The molecule has 4 aromatic heterocycles. The van der Waals surface area contributed by atoms with Gasteiger partial charge in [0.15, 0.2) is 49.6 Å². The van der Waals surface area contributed by atoms with E-state index in [0.29, 0.717) is 12.3 Å². The first-order valence-electron chi connectivity index (χ1n) is 34.5. The Morgan fingerprint density at radius 1 is 0.225 bits per heavy atom. The summed E-state index contributed by atoms with van der Waals surface area (Å²) in [5.74, 6) is 0. The van der Waals surface area contributed by atoms with E-state index in [2.05, 4.69) is 179 Å². The van der Waals surface area contributed by atoms with Gasteiger partial charge in [0.2, 0.25) is 0 Å². The third-order valence-corrected chi connectivity index (χ3v) is 16.4. The van der Waals surface area contributed by atoms with E-state index in [4.69, 9.17) is 0 Å². The van der Waals surface area contributed by atoms with Crippen molar-refractivity contribution in [3.8, 4) is 0 Å². The molecule has 0 saturated carbocycles. The molecule has 0 aliphatic heterocycles. The molecule has 4 rings (SSSR count). The van der Waals surface area contributed by atoms with Crippen LogP contribution in [0.2, 0.25) is 0 Å². The van der Waals surface area contributed by atoms with Crippen molar-refractivity contribution in [3.05, 3.63) is 98.1 Å². The van der Waals surface area contributed by atoms with Crippen LogP contribution in [0.4, 0.5) is 22.7 Å². The normalized spacial score (nSPS) is 11.3. The Balaban J connectivity index is 0.000000420. The summed E-state index contributed by atoms with van der Waals surface area (Å²) >= 11 is 0. The number of pyridine rings is 4. The van der Waals surface area contributed by atoms with Crippen molar-refractivity contribution >= 4 is 22.7 Å². The molecule has 0 amide bonds. The van der Waals surface area contributed by atoms with E-state index < -0.39 is 0 Å². The molecule has 0 aliphatic carbocycles. The molecule has 4 aromatic rings. The minimum atomic E-state index is 0.316. The van der Waals surface area contributed by atoms with Gasteiger partial charge in [-0.25, -0.2) is 0 Å². The summed E-state index contributed by atoms with van der Waals surface area (Å²) in [5, 5.41) is 14.5. The van der Waals surface area contributed by atoms with Gasteiger partial charge in [0.25, 0.3) is 0 Å². The second-order valence-electron chi connectivity index (χ2n) is 23.7. The fraction of sp³-hybridized carbons (Fsp3) is 0.722. The highest BCUT2D eigenvalue weighted by Crippen LogP contribution is 2.17. The van der Waals surface area contributed by atoms with Gasteiger partial charge in [-0.3, -0.25) is 0 Å². The lowest BCUT2D eigenvalue weighted by atomic mass is 10.1. The molecule has 4 heterocycles. The summed E-state index contributed by atoms with van der Waals surface area (Å²) in [6.45, 7) is 18.0. The zero-order valence-corrected chi connectivity index (χ0v) is 53.3. The molecule has 80 heavy (non-hydrogen) atoms. The van der Waals surface area contributed by atoms with E-state index in [9.17, 15) is 0 Å². The molecule has 0 saturated heterocycles. The predicted octanol–water partition coefficient (Wildman–Crippen LogP) is 20.0. The Bertz CT molecular complexity index is 1650. The standard InChI is InChI=1S/2C36H62N4/c2*1-4-7-10-13-16-17-20-23-36(39-30-24-34(25-31-39)37-28-21-18-14-11-8-5-2)40-32-26-35(27-33-40)38-29-22-19-15-12-9-6-3/h2*24-27,30-33,36H,4-23,28-29H2,1-3H3/p+4. The molecule has 0 fully saturated rings. The first kappa shape index (κ1) is 70.1. The lowest BCUT2D eigenvalue weighted by Crippen LogP contribution is -2.56. The molecule has 0 aromatic carbocycles. The first-order chi connectivity index (χ1) is 39.6. The third kappa shape index (κ3) is 34.9. The molecule has 8 heteroatoms. The van der Waals surface area contributed by atoms with Crippen molar-refractivity contribution in [3.63, 3.8) is 0 Å². The molecular formula is C72H128N8+4. The summed E-state index contributed by atoms with van der Waals surface area (Å²) in [6, 6.07) is 18.0. The summed E-state index contributed by atoms with van der Waals surface area (Å²) in [7, 11) is 0. The monoisotopic (exact) mass is 1110 g/mol. The van der Waals surface area contributed by atoms with Gasteiger partial charge in [0.1, 0.15) is 0 Å². The minimum Gasteiger partial charge on any atom is -0.385 e. The second kappa shape index (κ2) is 50.5. The van der Waals surface area contributed by atoms with E-state index in [1.54, 1.807) is 0 Å². The lowest BCUT2D eigenvalue weighted by Gasteiger charge is -2.11. The number of anilines is 4. The van der Waals surface area contributed by atoms with Crippen molar-refractivity contribution in [1.29, 1.82) is 0 Å². The molecule has 8 nitrogen and oxygen atoms in total. The number of aromatic nitrogens is 4. The predicted molar refractivity (Wildman–Crippen MR) is 348 cm³/mol. The highest BCUT2D eigenvalue weighted by molar-refractivity contribution is 5.41. The number of hydrogen-bond donors (Lipinski definition) is 4. The van der Waals surface area contributed by atoms with Gasteiger partial charge in [-0.15, -0.1) is 18.3 Å². The van der Waals surface area contributed by atoms with Crippen LogP contribution in [-0.4, -0.2) is 26.2 Å². The second-order valence-corrected chi connectivity index (χ2v) is 23.7. The van der Waals surface area contributed by atoms with Crippen molar-refractivity contribution < 1.29 is 18.3 Å². The molecular weight excluding hydrogens is 977 g/mol. The largest absolute Gasteiger partial charge is 0.385 e. The number of nitrogens with zero attached hydrogens (tertiary/aromatic N) is 4. The van der Waals surface area contributed by atoms with Crippen LogP contribution in [0.25, 0.3) is 0 Å². The van der Waals surface area contributed by atoms with Crippen molar-refractivity contribution in [1.82, 2.24) is 0 Å². The molecule has 0 spiro atoms. The van der Waals surface area contributed by atoms with Gasteiger partial charge >= 0.3 is 12.3 Å². The van der Waals surface area contributed by atoms with Gasteiger partial charge in [-0.05, 0) is 38.5 Å². The molecule has 452 valence electrons. The van der Waals surface area contributed by atoms with E-state index in [1.807, 2.05) is 0 Å². The summed E-state index contributed by atoms with van der Waals surface area (Å²) in [4.78, 5) is 0. The summed E-state index contributed by atoms with van der Waals surface area (Å²) in [5.41, 5.74) is 4.94. The van der Waals surface area contributed by atoms with E-state index in [1.165, 1.54) is 267 Å². The Hall–Kier alpha value is -4.20.